The zero-order chi connectivity index (χ0) is 19.3. The molecular weight excluding hydrogens is 352 g/mol. The van der Waals surface area contributed by atoms with Crippen LogP contribution in [0, 0.1) is 0 Å². The van der Waals surface area contributed by atoms with Gasteiger partial charge < -0.3 is 10.1 Å². The van der Waals surface area contributed by atoms with Crippen molar-refractivity contribution in [2.24, 2.45) is 0 Å². The van der Waals surface area contributed by atoms with E-state index in [1.54, 1.807) is 6.07 Å². The first-order valence-electron chi connectivity index (χ1n) is 10.0. The summed E-state index contributed by atoms with van der Waals surface area (Å²) in [6.45, 7) is 4.53. The molecule has 1 aliphatic heterocycles. The number of fused-ring (bicyclic) bond motifs is 1. The number of ketones is 1. The first-order chi connectivity index (χ1) is 13.7. The summed E-state index contributed by atoms with van der Waals surface area (Å²) in [6, 6.07) is 13.7. The number of carbonyl (C=O) groups is 2. The number of hydrogen-bond acceptors (Lipinski definition) is 4. The van der Waals surface area contributed by atoms with E-state index in [4.69, 9.17) is 4.74 Å². The Morgan fingerprint density at radius 1 is 0.964 bits per heavy atom. The average molecular weight is 378 g/mol. The summed E-state index contributed by atoms with van der Waals surface area (Å²) in [5, 5.41) is 2.81. The van der Waals surface area contributed by atoms with Gasteiger partial charge in [0.05, 0.1) is 13.2 Å². The fourth-order valence-corrected chi connectivity index (χ4v) is 3.98. The molecule has 0 saturated carbocycles. The fourth-order valence-electron chi connectivity index (χ4n) is 3.98. The number of hydrogen-bond donors (Lipinski definition) is 1. The van der Waals surface area contributed by atoms with Crippen LogP contribution in [-0.2, 0) is 35.5 Å². The molecule has 0 atom stereocenters. The molecule has 1 amide bonds. The molecule has 1 fully saturated rings. The van der Waals surface area contributed by atoms with E-state index < -0.39 is 11.7 Å². The molecule has 2 aromatic carbocycles. The Balaban J connectivity index is 1.38. The summed E-state index contributed by atoms with van der Waals surface area (Å²) in [5.41, 5.74) is 5.21. The van der Waals surface area contributed by atoms with Gasteiger partial charge in [-0.25, -0.2) is 0 Å². The lowest BCUT2D eigenvalue weighted by Gasteiger charge is -2.27. The third kappa shape index (κ3) is 4.32. The minimum atomic E-state index is -0.542. The fraction of sp³-hybridized carbons (Fsp3) is 0.391. The number of ether oxygens (including phenoxy) is 1. The molecule has 0 aromatic heterocycles. The van der Waals surface area contributed by atoms with Gasteiger partial charge in [-0.1, -0.05) is 36.4 Å². The van der Waals surface area contributed by atoms with Gasteiger partial charge in [0.1, 0.15) is 0 Å². The Morgan fingerprint density at radius 2 is 1.71 bits per heavy atom. The molecule has 28 heavy (non-hydrogen) atoms. The van der Waals surface area contributed by atoms with E-state index in [0.717, 1.165) is 57.7 Å². The maximum atomic E-state index is 12.5. The minimum Gasteiger partial charge on any atom is -0.379 e. The molecule has 2 aliphatic rings. The molecule has 1 saturated heterocycles. The molecule has 0 bridgehead atoms. The van der Waals surface area contributed by atoms with Crippen molar-refractivity contribution in [1.82, 2.24) is 10.2 Å². The quantitative estimate of drug-likeness (QED) is 0.620. The van der Waals surface area contributed by atoms with Gasteiger partial charge >= 0.3 is 0 Å². The van der Waals surface area contributed by atoms with Crippen LogP contribution >= 0.6 is 0 Å². The van der Waals surface area contributed by atoms with E-state index in [9.17, 15) is 9.59 Å². The molecule has 1 aliphatic carbocycles. The number of aryl methyl sites for hydroxylation is 2. The van der Waals surface area contributed by atoms with Crippen molar-refractivity contribution in [3.63, 3.8) is 0 Å². The lowest BCUT2D eigenvalue weighted by Crippen LogP contribution is -2.36. The number of nitrogens with one attached hydrogen (secondary N) is 1. The third-order valence-corrected chi connectivity index (χ3v) is 5.62. The van der Waals surface area contributed by atoms with Gasteiger partial charge in [0.25, 0.3) is 5.91 Å². The predicted molar refractivity (Wildman–Crippen MR) is 107 cm³/mol. The van der Waals surface area contributed by atoms with Gasteiger partial charge in [-0.2, -0.15) is 0 Å². The van der Waals surface area contributed by atoms with Crippen molar-refractivity contribution in [3.8, 4) is 0 Å². The maximum Gasteiger partial charge on any atom is 0.292 e. The largest absolute Gasteiger partial charge is 0.379 e. The van der Waals surface area contributed by atoms with Crippen molar-refractivity contribution in [2.45, 2.75) is 32.4 Å². The summed E-state index contributed by atoms with van der Waals surface area (Å²) >= 11 is 0. The lowest BCUT2D eigenvalue weighted by molar-refractivity contribution is -0.117. The Kier molecular flexibility index (Phi) is 5.84. The molecule has 5 nitrogen and oxygen atoms in total. The van der Waals surface area contributed by atoms with Crippen LogP contribution in [0.25, 0.3) is 0 Å². The summed E-state index contributed by atoms with van der Waals surface area (Å²) in [4.78, 5) is 27.3. The molecular formula is C23H26N2O3. The van der Waals surface area contributed by atoms with Crippen LogP contribution in [0.3, 0.4) is 0 Å². The van der Waals surface area contributed by atoms with Crippen molar-refractivity contribution < 1.29 is 14.3 Å². The van der Waals surface area contributed by atoms with Crippen LogP contribution in [0.15, 0.2) is 42.5 Å². The molecule has 1 N–H and O–H groups in total. The Morgan fingerprint density at radius 3 is 2.54 bits per heavy atom. The number of nitrogens with zero attached hydrogens (tertiary/aromatic N) is 1. The van der Waals surface area contributed by atoms with Gasteiger partial charge in [0, 0.05) is 31.7 Å². The van der Waals surface area contributed by atoms with Crippen LogP contribution in [0.4, 0.5) is 0 Å². The zero-order valence-electron chi connectivity index (χ0n) is 16.1. The molecule has 2 aromatic rings. The average Bonchev–Trinajstić information content (AvgIpc) is 3.21. The maximum absolute atomic E-state index is 12.5. The standard InChI is InChI=1S/C23H26N2O3/c26-22(19-9-8-17-6-3-7-18(17)14-19)23(27)24-15-20-4-1-2-5-21(20)16-25-10-12-28-13-11-25/h1-2,4-5,8-9,14H,3,6-7,10-13,15-16H2,(H,24,27). The number of morpholine rings is 1. The van der Waals surface area contributed by atoms with E-state index in [1.807, 2.05) is 30.3 Å². The molecule has 0 unspecified atom stereocenters. The highest BCUT2D eigenvalue weighted by Crippen LogP contribution is 2.23. The molecule has 4 rings (SSSR count). The summed E-state index contributed by atoms with van der Waals surface area (Å²) in [5.74, 6) is -1.00. The second kappa shape index (κ2) is 8.67. The van der Waals surface area contributed by atoms with Gasteiger partial charge in [0.15, 0.2) is 0 Å². The van der Waals surface area contributed by atoms with E-state index in [-0.39, 0.29) is 0 Å². The number of rotatable bonds is 6. The predicted octanol–water partition coefficient (Wildman–Crippen LogP) is 2.51. The Labute approximate surface area is 165 Å². The zero-order valence-corrected chi connectivity index (χ0v) is 16.1. The summed E-state index contributed by atoms with van der Waals surface area (Å²) in [7, 11) is 0. The number of Topliss-reactive ketones (excluding diaryl/α,β-unsaturated/α-hetero) is 1. The van der Waals surface area contributed by atoms with Gasteiger partial charge in [-0.05, 0) is 47.6 Å². The van der Waals surface area contributed by atoms with Crippen LogP contribution in [0.5, 0.6) is 0 Å². The second-order valence-corrected chi connectivity index (χ2v) is 7.51. The SMILES string of the molecule is O=C(NCc1ccccc1CN1CCOCC1)C(=O)c1ccc2c(c1)CCC2. The number of amides is 1. The second-order valence-electron chi connectivity index (χ2n) is 7.51. The molecule has 146 valence electrons. The van der Waals surface area contributed by atoms with Crippen LogP contribution in [-0.4, -0.2) is 42.9 Å². The summed E-state index contributed by atoms with van der Waals surface area (Å²) in [6.07, 6.45) is 3.18. The highest BCUT2D eigenvalue weighted by atomic mass is 16.5. The first-order valence-corrected chi connectivity index (χ1v) is 10.0. The van der Waals surface area contributed by atoms with E-state index in [1.165, 1.54) is 16.7 Å². The van der Waals surface area contributed by atoms with E-state index >= 15 is 0 Å². The van der Waals surface area contributed by atoms with Gasteiger partial charge in [-0.3, -0.25) is 14.5 Å². The third-order valence-electron chi connectivity index (χ3n) is 5.62. The highest BCUT2D eigenvalue weighted by molar-refractivity contribution is 6.42. The highest BCUT2D eigenvalue weighted by Gasteiger charge is 2.20. The van der Waals surface area contributed by atoms with Crippen molar-refractivity contribution >= 4 is 11.7 Å². The topological polar surface area (TPSA) is 58.6 Å². The smallest absolute Gasteiger partial charge is 0.292 e. The van der Waals surface area contributed by atoms with Crippen LogP contribution in [0.2, 0.25) is 0 Å². The van der Waals surface area contributed by atoms with Gasteiger partial charge in [-0.15, -0.1) is 0 Å². The molecule has 0 spiro atoms. The number of benzene rings is 2. The molecule has 5 heteroatoms. The normalized spacial score (nSPS) is 16.6. The van der Waals surface area contributed by atoms with Gasteiger partial charge in [0.2, 0.25) is 5.78 Å². The minimum absolute atomic E-state index is 0.357. The van der Waals surface area contributed by atoms with Crippen molar-refractivity contribution in [1.29, 1.82) is 0 Å². The van der Waals surface area contributed by atoms with E-state index in [2.05, 4.69) is 16.3 Å². The first kappa shape index (κ1) is 18.8. The summed E-state index contributed by atoms with van der Waals surface area (Å²) < 4.78 is 5.41. The van der Waals surface area contributed by atoms with Crippen LogP contribution < -0.4 is 5.32 Å². The monoisotopic (exact) mass is 378 g/mol. The lowest BCUT2D eigenvalue weighted by atomic mass is 10.0. The molecule has 0 radical (unpaired) electrons. The number of carbonyl (C=O) groups excluding carboxylic acids is 2. The molecule has 1 heterocycles. The Hall–Kier alpha value is -2.50. The Bertz CT molecular complexity index is 872. The van der Waals surface area contributed by atoms with Crippen LogP contribution in [0.1, 0.15) is 39.0 Å². The van der Waals surface area contributed by atoms with Crippen molar-refractivity contribution in [2.75, 3.05) is 26.3 Å². The van der Waals surface area contributed by atoms with E-state index in [0.29, 0.717) is 12.1 Å². The van der Waals surface area contributed by atoms with Crippen molar-refractivity contribution in [3.05, 3.63) is 70.3 Å².